The average Bonchev–Trinajstić information content (AvgIpc) is 2.68. The first-order chi connectivity index (χ1) is 13.3. The molecule has 2 aromatic carbocycles. The number of nitrogens with one attached hydrogen (secondary N) is 1. The molecule has 0 spiro atoms. The van der Waals surface area contributed by atoms with Crippen LogP contribution in [0.2, 0.25) is 0 Å². The number of carbonyl (C=O) groups excluding carboxylic acids is 1. The number of nitrogens with zero attached hydrogens (tertiary/aromatic N) is 1. The Labute approximate surface area is 167 Å². The summed E-state index contributed by atoms with van der Waals surface area (Å²) in [6, 6.07) is 14.2. The van der Waals surface area contributed by atoms with E-state index in [1.165, 1.54) is 6.08 Å². The molecule has 0 radical (unpaired) electrons. The third-order valence-corrected chi connectivity index (χ3v) is 6.92. The number of amides is 1. The van der Waals surface area contributed by atoms with Crippen LogP contribution in [0.1, 0.15) is 30.9 Å². The average molecular weight is 399 g/mol. The minimum absolute atomic E-state index is 0.259. The van der Waals surface area contributed by atoms with E-state index < -0.39 is 10.0 Å². The second-order valence-electron chi connectivity index (χ2n) is 7.34. The highest BCUT2D eigenvalue weighted by Crippen LogP contribution is 2.24. The third-order valence-electron chi connectivity index (χ3n) is 5.01. The zero-order chi connectivity index (χ0) is 20.1. The lowest BCUT2D eigenvalue weighted by Gasteiger charge is -2.29. The highest BCUT2D eigenvalue weighted by Gasteiger charge is 2.27. The second kappa shape index (κ2) is 8.71. The number of hydrogen-bond donors (Lipinski definition) is 1. The first-order valence-electron chi connectivity index (χ1n) is 9.50. The monoisotopic (exact) mass is 398 g/mol. The van der Waals surface area contributed by atoms with Gasteiger partial charge in [0.15, 0.2) is 0 Å². The van der Waals surface area contributed by atoms with Gasteiger partial charge in [0.2, 0.25) is 15.9 Å². The largest absolute Gasteiger partial charge is 0.323 e. The third kappa shape index (κ3) is 5.09. The smallest absolute Gasteiger partial charge is 0.248 e. The van der Waals surface area contributed by atoms with Crippen LogP contribution in [0, 0.1) is 12.8 Å². The maximum Gasteiger partial charge on any atom is 0.248 e. The Bertz CT molecular complexity index is 940. The van der Waals surface area contributed by atoms with Gasteiger partial charge in [0.25, 0.3) is 0 Å². The number of rotatable bonds is 5. The molecule has 1 fully saturated rings. The molecule has 28 heavy (non-hydrogen) atoms. The van der Waals surface area contributed by atoms with E-state index in [-0.39, 0.29) is 10.8 Å². The van der Waals surface area contributed by atoms with E-state index >= 15 is 0 Å². The number of anilines is 1. The van der Waals surface area contributed by atoms with Gasteiger partial charge in [0.1, 0.15) is 0 Å². The van der Waals surface area contributed by atoms with Crippen LogP contribution in [-0.2, 0) is 14.8 Å². The fraction of sp³-hybridized carbons (Fsp3) is 0.318. The van der Waals surface area contributed by atoms with E-state index in [4.69, 9.17) is 0 Å². The van der Waals surface area contributed by atoms with Gasteiger partial charge in [-0.1, -0.05) is 36.8 Å². The topological polar surface area (TPSA) is 66.5 Å². The van der Waals surface area contributed by atoms with Gasteiger partial charge in [-0.3, -0.25) is 4.79 Å². The van der Waals surface area contributed by atoms with E-state index in [9.17, 15) is 13.2 Å². The lowest BCUT2D eigenvalue weighted by molar-refractivity contribution is -0.111. The first-order valence-corrected chi connectivity index (χ1v) is 10.9. The second-order valence-corrected chi connectivity index (χ2v) is 9.28. The van der Waals surface area contributed by atoms with Crippen LogP contribution in [0.25, 0.3) is 6.08 Å². The fourth-order valence-electron chi connectivity index (χ4n) is 3.12. The van der Waals surface area contributed by atoms with Crippen molar-refractivity contribution in [2.24, 2.45) is 5.92 Å². The molecule has 5 nitrogen and oxygen atoms in total. The SMILES string of the molecule is Cc1ccc(C=CC(=O)Nc2ccc(S(=O)(=O)N3CCC(C)CC3)cc2)cc1. The molecule has 0 aromatic heterocycles. The number of aryl methyl sites for hydroxylation is 1. The van der Waals surface area contributed by atoms with Crippen molar-refractivity contribution in [3.8, 4) is 0 Å². The number of benzene rings is 2. The Balaban J connectivity index is 1.62. The van der Waals surface area contributed by atoms with Crippen LogP contribution >= 0.6 is 0 Å². The van der Waals surface area contributed by atoms with Gasteiger partial charge in [-0.2, -0.15) is 4.31 Å². The first kappa shape index (κ1) is 20.3. The van der Waals surface area contributed by atoms with Gasteiger partial charge in [-0.15, -0.1) is 0 Å². The zero-order valence-corrected chi connectivity index (χ0v) is 17.1. The van der Waals surface area contributed by atoms with Gasteiger partial charge in [-0.05, 0) is 61.6 Å². The van der Waals surface area contributed by atoms with Crippen LogP contribution in [0.15, 0.2) is 59.5 Å². The summed E-state index contributed by atoms with van der Waals surface area (Å²) in [4.78, 5) is 12.3. The molecule has 1 saturated heterocycles. The summed E-state index contributed by atoms with van der Waals surface area (Å²) >= 11 is 0. The Morgan fingerprint density at radius 2 is 1.64 bits per heavy atom. The van der Waals surface area contributed by atoms with Crippen LogP contribution in [0.5, 0.6) is 0 Å². The summed E-state index contributed by atoms with van der Waals surface area (Å²) in [7, 11) is -3.47. The molecule has 0 unspecified atom stereocenters. The highest BCUT2D eigenvalue weighted by atomic mass is 32.2. The molecule has 0 aliphatic carbocycles. The molecule has 3 rings (SSSR count). The quantitative estimate of drug-likeness (QED) is 0.772. The molecule has 6 heteroatoms. The maximum absolute atomic E-state index is 12.7. The summed E-state index contributed by atoms with van der Waals surface area (Å²) < 4.78 is 27.0. The van der Waals surface area contributed by atoms with E-state index in [1.807, 2.05) is 31.2 Å². The van der Waals surface area contributed by atoms with Gasteiger partial charge in [-0.25, -0.2) is 8.42 Å². The molecule has 0 saturated carbocycles. The van der Waals surface area contributed by atoms with Crippen molar-refractivity contribution in [1.82, 2.24) is 4.31 Å². The fourth-order valence-corrected chi connectivity index (χ4v) is 4.59. The van der Waals surface area contributed by atoms with Crippen LogP contribution in [0.4, 0.5) is 5.69 Å². The van der Waals surface area contributed by atoms with Crippen LogP contribution in [-0.4, -0.2) is 31.7 Å². The molecule has 1 amide bonds. The standard InChI is InChI=1S/C22H26N2O3S/c1-17-3-5-19(6-4-17)7-12-22(25)23-20-8-10-21(11-9-20)28(26,27)24-15-13-18(2)14-16-24/h3-12,18H,13-16H2,1-2H3,(H,23,25). The predicted molar refractivity (Wildman–Crippen MR) is 112 cm³/mol. The normalized spacial score (nSPS) is 16.4. The molecule has 2 aromatic rings. The predicted octanol–water partition coefficient (Wildman–Crippen LogP) is 4.07. The summed E-state index contributed by atoms with van der Waals surface area (Å²) in [5, 5.41) is 2.75. The Morgan fingerprint density at radius 1 is 1.04 bits per heavy atom. The number of sulfonamides is 1. The lowest BCUT2D eigenvalue weighted by atomic mass is 10.0. The Kier molecular flexibility index (Phi) is 6.31. The van der Waals surface area contributed by atoms with Crippen LogP contribution in [0.3, 0.4) is 0 Å². The maximum atomic E-state index is 12.7. The van der Waals surface area contributed by atoms with Crippen molar-refractivity contribution in [3.63, 3.8) is 0 Å². The Morgan fingerprint density at radius 3 is 2.25 bits per heavy atom. The summed E-state index contributed by atoms with van der Waals surface area (Å²) in [6.45, 7) is 5.28. The number of carbonyl (C=O) groups is 1. The van der Waals surface area contributed by atoms with Crippen molar-refractivity contribution < 1.29 is 13.2 Å². The molecule has 0 atom stereocenters. The minimum Gasteiger partial charge on any atom is -0.323 e. The summed E-state index contributed by atoms with van der Waals surface area (Å²) in [6.07, 6.45) is 4.98. The van der Waals surface area contributed by atoms with Gasteiger partial charge < -0.3 is 5.32 Å². The molecule has 1 aliphatic rings. The van der Waals surface area contributed by atoms with Crippen LogP contribution < -0.4 is 5.32 Å². The van der Waals surface area contributed by atoms with Crippen molar-refractivity contribution in [2.45, 2.75) is 31.6 Å². The van der Waals surface area contributed by atoms with Crippen molar-refractivity contribution in [1.29, 1.82) is 0 Å². The van der Waals surface area contributed by atoms with Crippen molar-refractivity contribution in [3.05, 3.63) is 65.7 Å². The molecular formula is C22H26N2O3S. The number of hydrogen-bond acceptors (Lipinski definition) is 3. The Hall–Kier alpha value is -2.44. The summed E-state index contributed by atoms with van der Waals surface area (Å²) in [5.74, 6) is 0.304. The lowest BCUT2D eigenvalue weighted by Crippen LogP contribution is -2.37. The van der Waals surface area contributed by atoms with Crippen molar-refractivity contribution >= 4 is 27.7 Å². The summed E-state index contributed by atoms with van der Waals surface area (Å²) in [5.41, 5.74) is 2.67. The molecule has 1 N–H and O–H groups in total. The zero-order valence-electron chi connectivity index (χ0n) is 16.3. The van der Waals surface area contributed by atoms with E-state index in [0.29, 0.717) is 24.7 Å². The molecular weight excluding hydrogens is 372 g/mol. The van der Waals surface area contributed by atoms with Gasteiger partial charge in [0, 0.05) is 24.9 Å². The van der Waals surface area contributed by atoms with E-state index in [0.717, 1.165) is 24.0 Å². The molecule has 0 bridgehead atoms. The molecule has 148 valence electrons. The molecule has 1 aliphatic heterocycles. The van der Waals surface area contributed by atoms with E-state index in [1.54, 1.807) is 34.6 Å². The van der Waals surface area contributed by atoms with E-state index in [2.05, 4.69) is 12.2 Å². The minimum atomic E-state index is -3.47. The van der Waals surface area contributed by atoms with Gasteiger partial charge in [0.05, 0.1) is 4.90 Å². The highest BCUT2D eigenvalue weighted by molar-refractivity contribution is 7.89. The molecule has 1 heterocycles. The number of piperidine rings is 1. The van der Waals surface area contributed by atoms with Crippen molar-refractivity contribution in [2.75, 3.05) is 18.4 Å². The van der Waals surface area contributed by atoms with Gasteiger partial charge >= 0.3 is 0 Å².